The maximum Gasteiger partial charge on any atom is 0.260 e. The molecular formula is C11H20N4O2S. The zero-order valence-corrected chi connectivity index (χ0v) is 11.4. The SMILES string of the molecule is CCCN(CC1CCCN1)S(=O)(=O)c1cnc[nH]1. The molecular weight excluding hydrogens is 252 g/mol. The summed E-state index contributed by atoms with van der Waals surface area (Å²) in [5.74, 6) is 0. The number of hydrogen-bond acceptors (Lipinski definition) is 4. The van der Waals surface area contributed by atoms with Gasteiger partial charge in [-0.2, -0.15) is 4.31 Å². The molecule has 0 aromatic carbocycles. The van der Waals surface area contributed by atoms with Gasteiger partial charge in [0.25, 0.3) is 10.0 Å². The lowest BCUT2D eigenvalue weighted by Gasteiger charge is -2.24. The third-order valence-corrected chi connectivity index (χ3v) is 4.94. The maximum absolute atomic E-state index is 12.4. The summed E-state index contributed by atoms with van der Waals surface area (Å²) in [5.41, 5.74) is 0. The van der Waals surface area contributed by atoms with Crippen molar-refractivity contribution in [1.82, 2.24) is 19.6 Å². The van der Waals surface area contributed by atoms with Crippen molar-refractivity contribution in [2.75, 3.05) is 19.6 Å². The fourth-order valence-electron chi connectivity index (χ4n) is 2.24. The minimum Gasteiger partial charge on any atom is -0.335 e. The minimum atomic E-state index is -3.43. The Bertz CT molecular complexity index is 451. The van der Waals surface area contributed by atoms with Crippen LogP contribution in [0.2, 0.25) is 0 Å². The number of imidazole rings is 1. The fraction of sp³-hybridized carbons (Fsp3) is 0.727. The molecule has 2 heterocycles. The van der Waals surface area contributed by atoms with E-state index >= 15 is 0 Å². The Morgan fingerprint density at radius 2 is 2.39 bits per heavy atom. The molecule has 0 saturated carbocycles. The Labute approximate surface area is 108 Å². The largest absolute Gasteiger partial charge is 0.335 e. The van der Waals surface area contributed by atoms with Crippen molar-refractivity contribution in [3.63, 3.8) is 0 Å². The smallest absolute Gasteiger partial charge is 0.260 e. The van der Waals surface area contributed by atoms with Gasteiger partial charge < -0.3 is 10.3 Å². The van der Waals surface area contributed by atoms with Gasteiger partial charge in [0.2, 0.25) is 0 Å². The summed E-state index contributed by atoms with van der Waals surface area (Å²) in [6.07, 6.45) is 5.72. The second-order valence-electron chi connectivity index (χ2n) is 4.57. The van der Waals surface area contributed by atoms with Gasteiger partial charge in [-0.15, -0.1) is 0 Å². The molecule has 0 bridgehead atoms. The number of aromatic amines is 1. The molecule has 6 nitrogen and oxygen atoms in total. The van der Waals surface area contributed by atoms with Crippen LogP contribution in [0.3, 0.4) is 0 Å². The Morgan fingerprint density at radius 1 is 1.56 bits per heavy atom. The van der Waals surface area contributed by atoms with Gasteiger partial charge in [0, 0.05) is 19.1 Å². The predicted molar refractivity (Wildman–Crippen MR) is 68.7 cm³/mol. The van der Waals surface area contributed by atoms with E-state index in [0.29, 0.717) is 13.1 Å². The molecule has 0 amide bonds. The Morgan fingerprint density at radius 3 is 2.94 bits per heavy atom. The van der Waals surface area contributed by atoms with E-state index in [4.69, 9.17) is 0 Å². The molecule has 102 valence electrons. The lowest BCUT2D eigenvalue weighted by atomic mass is 10.2. The molecule has 18 heavy (non-hydrogen) atoms. The third-order valence-electron chi connectivity index (χ3n) is 3.15. The van der Waals surface area contributed by atoms with Gasteiger partial charge in [-0.05, 0) is 25.8 Å². The molecule has 0 spiro atoms. The van der Waals surface area contributed by atoms with Gasteiger partial charge in [-0.1, -0.05) is 6.92 Å². The molecule has 1 aromatic heterocycles. The normalized spacial score (nSPS) is 20.7. The quantitative estimate of drug-likeness (QED) is 0.793. The van der Waals surface area contributed by atoms with Crippen LogP contribution in [-0.4, -0.2) is 48.4 Å². The number of hydrogen-bond donors (Lipinski definition) is 2. The molecule has 0 aliphatic carbocycles. The summed E-state index contributed by atoms with van der Waals surface area (Å²) in [7, 11) is -3.43. The fourth-order valence-corrected chi connectivity index (χ4v) is 3.71. The second kappa shape index (κ2) is 5.81. The number of H-pyrrole nitrogens is 1. The van der Waals surface area contributed by atoms with Crippen molar-refractivity contribution < 1.29 is 8.42 Å². The van der Waals surface area contributed by atoms with Gasteiger partial charge in [-0.25, -0.2) is 13.4 Å². The molecule has 7 heteroatoms. The van der Waals surface area contributed by atoms with Gasteiger partial charge in [-0.3, -0.25) is 0 Å². The van der Waals surface area contributed by atoms with E-state index in [9.17, 15) is 8.42 Å². The Kier molecular flexibility index (Phi) is 4.36. The lowest BCUT2D eigenvalue weighted by Crippen LogP contribution is -2.41. The first kappa shape index (κ1) is 13.5. The van der Waals surface area contributed by atoms with E-state index in [2.05, 4.69) is 15.3 Å². The molecule has 1 aliphatic heterocycles. The Balaban J connectivity index is 2.13. The van der Waals surface area contributed by atoms with Crippen LogP contribution in [0.4, 0.5) is 0 Å². The average molecular weight is 272 g/mol. The monoisotopic (exact) mass is 272 g/mol. The highest BCUT2D eigenvalue weighted by Gasteiger charge is 2.28. The van der Waals surface area contributed by atoms with Crippen molar-refractivity contribution in [2.45, 2.75) is 37.3 Å². The predicted octanol–water partition coefficient (Wildman–Crippen LogP) is 0.562. The van der Waals surface area contributed by atoms with Gasteiger partial charge in [0.1, 0.15) is 0 Å². The zero-order chi connectivity index (χ0) is 13.0. The molecule has 0 radical (unpaired) electrons. The second-order valence-corrected chi connectivity index (χ2v) is 6.48. The topological polar surface area (TPSA) is 78.1 Å². The number of sulfonamides is 1. The van der Waals surface area contributed by atoms with E-state index < -0.39 is 10.0 Å². The van der Waals surface area contributed by atoms with E-state index in [1.807, 2.05) is 6.92 Å². The average Bonchev–Trinajstić information content (AvgIpc) is 3.01. The van der Waals surface area contributed by atoms with Crippen molar-refractivity contribution in [1.29, 1.82) is 0 Å². The summed E-state index contributed by atoms with van der Waals surface area (Å²) >= 11 is 0. The molecule has 1 saturated heterocycles. The molecule has 1 fully saturated rings. The molecule has 1 atom stereocenters. The third kappa shape index (κ3) is 2.90. The standard InChI is InChI=1S/C11H20N4O2S/c1-2-6-15(8-10-4-3-5-13-10)18(16,17)11-7-12-9-14-11/h7,9-10,13H,2-6,8H2,1H3,(H,12,14). The lowest BCUT2D eigenvalue weighted by molar-refractivity contribution is 0.368. The summed E-state index contributed by atoms with van der Waals surface area (Å²) in [6, 6.07) is 0.272. The number of nitrogens with one attached hydrogen (secondary N) is 2. The van der Waals surface area contributed by atoms with E-state index in [1.54, 1.807) is 4.31 Å². The van der Waals surface area contributed by atoms with Crippen molar-refractivity contribution >= 4 is 10.0 Å². The highest BCUT2D eigenvalue weighted by atomic mass is 32.2. The van der Waals surface area contributed by atoms with Crippen LogP contribution in [0.15, 0.2) is 17.6 Å². The van der Waals surface area contributed by atoms with E-state index in [-0.39, 0.29) is 11.1 Å². The van der Waals surface area contributed by atoms with Crippen LogP contribution in [0.5, 0.6) is 0 Å². The van der Waals surface area contributed by atoms with E-state index in [1.165, 1.54) is 12.5 Å². The van der Waals surface area contributed by atoms with Crippen molar-refractivity contribution in [3.8, 4) is 0 Å². The first-order valence-electron chi connectivity index (χ1n) is 6.36. The minimum absolute atomic E-state index is 0.175. The van der Waals surface area contributed by atoms with Crippen molar-refractivity contribution in [2.24, 2.45) is 0 Å². The molecule has 2 rings (SSSR count). The molecule has 1 aromatic rings. The van der Waals surface area contributed by atoms with Crippen molar-refractivity contribution in [3.05, 3.63) is 12.5 Å². The summed E-state index contributed by atoms with van der Waals surface area (Å²) in [6.45, 7) is 4.04. The van der Waals surface area contributed by atoms with Crippen LogP contribution < -0.4 is 5.32 Å². The first-order valence-corrected chi connectivity index (χ1v) is 7.80. The highest BCUT2D eigenvalue weighted by molar-refractivity contribution is 7.89. The van der Waals surface area contributed by atoms with Crippen LogP contribution >= 0.6 is 0 Å². The highest BCUT2D eigenvalue weighted by Crippen LogP contribution is 2.16. The molecule has 1 unspecified atom stereocenters. The molecule has 2 N–H and O–H groups in total. The van der Waals surface area contributed by atoms with Gasteiger partial charge >= 0.3 is 0 Å². The summed E-state index contributed by atoms with van der Waals surface area (Å²) in [4.78, 5) is 6.47. The van der Waals surface area contributed by atoms with Gasteiger partial charge in [0.05, 0.1) is 12.5 Å². The summed E-state index contributed by atoms with van der Waals surface area (Å²) < 4.78 is 26.3. The van der Waals surface area contributed by atoms with Crippen LogP contribution in [0.1, 0.15) is 26.2 Å². The number of rotatable bonds is 6. The van der Waals surface area contributed by atoms with Gasteiger partial charge in [0.15, 0.2) is 5.03 Å². The first-order chi connectivity index (χ1) is 8.64. The van der Waals surface area contributed by atoms with Crippen LogP contribution in [-0.2, 0) is 10.0 Å². The Hall–Kier alpha value is -0.920. The molecule has 1 aliphatic rings. The number of nitrogens with zero attached hydrogens (tertiary/aromatic N) is 2. The number of aromatic nitrogens is 2. The van der Waals surface area contributed by atoms with Crippen LogP contribution in [0.25, 0.3) is 0 Å². The van der Waals surface area contributed by atoms with E-state index in [0.717, 1.165) is 25.8 Å². The summed E-state index contributed by atoms with van der Waals surface area (Å²) in [5, 5.41) is 3.51. The van der Waals surface area contributed by atoms with Crippen LogP contribution in [0, 0.1) is 0 Å². The maximum atomic E-state index is 12.4. The zero-order valence-electron chi connectivity index (χ0n) is 10.6.